The average molecular weight is 377 g/mol. The molecule has 0 radical (unpaired) electrons. The van der Waals surface area contributed by atoms with Crippen LogP contribution in [0, 0.1) is 0 Å². The molecule has 1 aliphatic heterocycles. The third-order valence-corrected chi connectivity index (χ3v) is 5.06. The van der Waals surface area contributed by atoms with Crippen molar-refractivity contribution in [1.29, 1.82) is 0 Å². The molecule has 0 spiro atoms. The molecule has 0 aliphatic carbocycles. The lowest BCUT2D eigenvalue weighted by atomic mass is 10.00. The minimum Gasteiger partial charge on any atom is -0.493 e. The first kappa shape index (κ1) is 18.6. The van der Waals surface area contributed by atoms with Crippen LogP contribution in [0.4, 0.5) is 0 Å². The van der Waals surface area contributed by atoms with Gasteiger partial charge in [0.15, 0.2) is 11.5 Å². The van der Waals surface area contributed by atoms with Gasteiger partial charge in [-0.3, -0.25) is 10.00 Å². The van der Waals surface area contributed by atoms with E-state index in [4.69, 9.17) is 9.47 Å². The van der Waals surface area contributed by atoms with Gasteiger partial charge in [-0.15, -0.1) is 0 Å². The van der Waals surface area contributed by atoms with Crippen LogP contribution in [0.15, 0.2) is 48.5 Å². The number of H-pyrrole nitrogens is 1. The second-order valence-corrected chi connectivity index (χ2v) is 7.51. The van der Waals surface area contributed by atoms with Gasteiger partial charge in [0.05, 0.1) is 18.9 Å². The van der Waals surface area contributed by atoms with Crippen molar-refractivity contribution >= 4 is 0 Å². The van der Waals surface area contributed by atoms with Crippen LogP contribution in [0.2, 0.25) is 0 Å². The monoisotopic (exact) mass is 377 g/mol. The first-order chi connectivity index (χ1) is 13.6. The van der Waals surface area contributed by atoms with E-state index in [0.29, 0.717) is 0 Å². The Morgan fingerprint density at radius 3 is 2.68 bits per heavy atom. The number of ether oxygens (including phenoxy) is 2. The molecule has 2 aromatic carbocycles. The molecule has 4 rings (SSSR count). The second-order valence-electron chi connectivity index (χ2n) is 7.51. The van der Waals surface area contributed by atoms with Gasteiger partial charge in [-0.25, -0.2) is 0 Å². The Morgan fingerprint density at radius 2 is 1.93 bits per heavy atom. The number of nitrogens with one attached hydrogen (secondary N) is 1. The fraction of sp³-hybridized carbons (Fsp3) is 0.348. The van der Waals surface area contributed by atoms with Crippen LogP contribution in [-0.2, 0) is 19.5 Å². The quantitative estimate of drug-likeness (QED) is 0.690. The summed E-state index contributed by atoms with van der Waals surface area (Å²) < 4.78 is 11.4. The van der Waals surface area contributed by atoms with Crippen LogP contribution in [0.1, 0.15) is 30.7 Å². The number of hydrogen-bond donors (Lipinski definition) is 1. The van der Waals surface area contributed by atoms with Crippen molar-refractivity contribution in [3.8, 4) is 22.8 Å². The molecule has 1 aromatic heterocycles. The second kappa shape index (κ2) is 8.07. The van der Waals surface area contributed by atoms with Crippen molar-refractivity contribution < 1.29 is 9.47 Å². The van der Waals surface area contributed by atoms with E-state index >= 15 is 0 Å². The summed E-state index contributed by atoms with van der Waals surface area (Å²) >= 11 is 0. The fourth-order valence-electron chi connectivity index (χ4n) is 3.74. The number of rotatable bonds is 6. The van der Waals surface area contributed by atoms with E-state index in [2.05, 4.69) is 51.5 Å². The van der Waals surface area contributed by atoms with Crippen LogP contribution in [0.3, 0.4) is 0 Å². The van der Waals surface area contributed by atoms with E-state index in [9.17, 15) is 0 Å². The number of aromatic amines is 1. The van der Waals surface area contributed by atoms with Gasteiger partial charge in [0.2, 0.25) is 0 Å². The van der Waals surface area contributed by atoms with Gasteiger partial charge in [-0.2, -0.15) is 5.10 Å². The Bertz CT molecular complexity index is 934. The highest BCUT2D eigenvalue weighted by molar-refractivity contribution is 5.68. The van der Waals surface area contributed by atoms with Gasteiger partial charge in [0.1, 0.15) is 0 Å². The Balaban J connectivity index is 1.60. The Labute approximate surface area is 166 Å². The van der Waals surface area contributed by atoms with E-state index in [-0.39, 0.29) is 6.10 Å². The maximum Gasteiger partial charge on any atom is 0.162 e. The zero-order valence-corrected chi connectivity index (χ0v) is 16.7. The summed E-state index contributed by atoms with van der Waals surface area (Å²) in [6.07, 6.45) is 1.07. The highest BCUT2D eigenvalue weighted by atomic mass is 16.5. The van der Waals surface area contributed by atoms with Gasteiger partial charge < -0.3 is 9.47 Å². The van der Waals surface area contributed by atoms with E-state index in [1.54, 1.807) is 7.11 Å². The van der Waals surface area contributed by atoms with Crippen LogP contribution in [0.25, 0.3) is 11.3 Å². The molecule has 1 N–H and O–H groups in total. The molecule has 3 aromatic rings. The zero-order chi connectivity index (χ0) is 19.5. The number of methoxy groups -OCH3 is 1. The van der Waals surface area contributed by atoms with Crippen LogP contribution in [-0.4, -0.2) is 34.9 Å². The smallest absolute Gasteiger partial charge is 0.162 e. The number of benzene rings is 2. The predicted molar refractivity (Wildman–Crippen MR) is 111 cm³/mol. The van der Waals surface area contributed by atoms with Gasteiger partial charge in [0.25, 0.3) is 0 Å². The lowest BCUT2D eigenvalue weighted by Gasteiger charge is -2.27. The van der Waals surface area contributed by atoms with E-state index in [1.165, 1.54) is 16.8 Å². The van der Waals surface area contributed by atoms with E-state index in [0.717, 1.165) is 48.8 Å². The molecule has 0 amide bonds. The fourth-order valence-corrected chi connectivity index (χ4v) is 3.74. The van der Waals surface area contributed by atoms with E-state index in [1.807, 2.05) is 26.0 Å². The summed E-state index contributed by atoms with van der Waals surface area (Å²) in [5.74, 6) is 1.50. The summed E-state index contributed by atoms with van der Waals surface area (Å²) in [5.41, 5.74) is 5.91. The first-order valence-corrected chi connectivity index (χ1v) is 9.81. The molecule has 1 aliphatic rings. The Hall–Kier alpha value is -2.79. The summed E-state index contributed by atoms with van der Waals surface area (Å²) in [6.45, 7) is 6.92. The number of hydrogen-bond acceptors (Lipinski definition) is 4. The highest BCUT2D eigenvalue weighted by Crippen LogP contribution is 2.35. The standard InChI is InChI=1S/C23H27N3O2/c1-16(2)28-22-13-18(9-10-21(22)27-3)23-19-15-26(12-11-20(19)24-25-23)14-17-7-5-4-6-8-17/h4-10,13,16H,11-12,14-15H2,1-3H3,(H,24,25). The Kier molecular flexibility index (Phi) is 5.35. The molecule has 28 heavy (non-hydrogen) atoms. The van der Waals surface area contributed by atoms with Gasteiger partial charge in [-0.1, -0.05) is 30.3 Å². The minimum atomic E-state index is 0.0820. The third kappa shape index (κ3) is 3.90. The normalized spacial score (nSPS) is 14.1. The molecule has 0 unspecified atom stereocenters. The molecule has 146 valence electrons. The highest BCUT2D eigenvalue weighted by Gasteiger charge is 2.23. The molecule has 0 atom stereocenters. The molecule has 2 heterocycles. The predicted octanol–water partition coefficient (Wildman–Crippen LogP) is 4.43. The summed E-state index contributed by atoms with van der Waals surface area (Å²) in [4.78, 5) is 2.48. The molecule has 5 nitrogen and oxygen atoms in total. The van der Waals surface area contributed by atoms with Crippen molar-refractivity contribution in [3.63, 3.8) is 0 Å². The molecule has 0 fully saturated rings. The molecule has 0 saturated carbocycles. The minimum absolute atomic E-state index is 0.0820. The zero-order valence-electron chi connectivity index (χ0n) is 16.7. The van der Waals surface area contributed by atoms with Crippen molar-refractivity contribution in [3.05, 3.63) is 65.4 Å². The van der Waals surface area contributed by atoms with Crippen molar-refractivity contribution in [2.24, 2.45) is 0 Å². The Morgan fingerprint density at radius 1 is 1.11 bits per heavy atom. The number of nitrogens with zero attached hydrogens (tertiary/aromatic N) is 2. The molecule has 0 saturated heterocycles. The molecule has 0 bridgehead atoms. The van der Waals surface area contributed by atoms with Crippen LogP contribution >= 0.6 is 0 Å². The lowest BCUT2D eigenvalue weighted by Crippen LogP contribution is -2.29. The lowest BCUT2D eigenvalue weighted by molar-refractivity contribution is 0.230. The topological polar surface area (TPSA) is 50.4 Å². The van der Waals surface area contributed by atoms with Gasteiger partial charge >= 0.3 is 0 Å². The number of aromatic nitrogens is 2. The summed E-state index contributed by atoms with van der Waals surface area (Å²) in [7, 11) is 1.67. The van der Waals surface area contributed by atoms with Gasteiger partial charge in [-0.05, 0) is 37.6 Å². The van der Waals surface area contributed by atoms with Crippen LogP contribution in [0.5, 0.6) is 11.5 Å². The van der Waals surface area contributed by atoms with Crippen molar-refractivity contribution in [2.75, 3.05) is 13.7 Å². The SMILES string of the molecule is COc1ccc(-c2n[nH]c3c2CN(Cc2ccccc2)CC3)cc1OC(C)C. The molecule has 5 heteroatoms. The maximum absolute atomic E-state index is 5.95. The van der Waals surface area contributed by atoms with Crippen molar-refractivity contribution in [1.82, 2.24) is 15.1 Å². The van der Waals surface area contributed by atoms with Gasteiger partial charge in [0, 0.05) is 42.9 Å². The average Bonchev–Trinajstić information content (AvgIpc) is 3.11. The molecular formula is C23H27N3O2. The van der Waals surface area contributed by atoms with E-state index < -0.39 is 0 Å². The van der Waals surface area contributed by atoms with Crippen molar-refractivity contribution in [2.45, 2.75) is 39.5 Å². The van der Waals surface area contributed by atoms with Crippen LogP contribution < -0.4 is 9.47 Å². The maximum atomic E-state index is 5.95. The molecular weight excluding hydrogens is 350 g/mol. The third-order valence-electron chi connectivity index (χ3n) is 5.06. The summed E-state index contributed by atoms with van der Waals surface area (Å²) in [6, 6.07) is 16.7. The summed E-state index contributed by atoms with van der Waals surface area (Å²) in [5, 5.41) is 7.89. The largest absolute Gasteiger partial charge is 0.493 e. The first-order valence-electron chi connectivity index (χ1n) is 9.81. The number of fused-ring (bicyclic) bond motifs is 1.